The lowest BCUT2D eigenvalue weighted by molar-refractivity contribution is -0.128. The molecule has 0 bridgehead atoms. The lowest BCUT2D eigenvalue weighted by atomic mass is 10.3. The van der Waals surface area contributed by atoms with Gasteiger partial charge in [0.2, 0.25) is 5.91 Å². The Morgan fingerprint density at radius 3 is 2.74 bits per heavy atom. The number of carbonyl (C=O) groups excluding carboxylic acids is 1. The largest absolute Gasteiger partial charge is 0.355 e. The molecule has 0 aromatic carbocycles. The minimum absolute atomic E-state index is 0.158. The van der Waals surface area contributed by atoms with Gasteiger partial charge in [-0.1, -0.05) is 11.8 Å². The van der Waals surface area contributed by atoms with E-state index in [0.717, 1.165) is 49.3 Å². The number of carbonyl (C=O) groups is 1. The van der Waals surface area contributed by atoms with Crippen LogP contribution in [0, 0.1) is 6.92 Å². The normalized spacial score (nSPS) is 16.4. The molecule has 1 fully saturated rings. The van der Waals surface area contributed by atoms with Crippen molar-refractivity contribution in [1.29, 1.82) is 0 Å². The van der Waals surface area contributed by atoms with Crippen LogP contribution in [0.1, 0.15) is 19.0 Å². The first-order valence-corrected chi connectivity index (χ1v) is 7.73. The van der Waals surface area contributed by atoms with E-state index in [4.69, 9.17) is 0 Å². The fourth-order valence-electron chi connectivity index (χ4n) is 2.24. The van der Waals surface area contributed by atoms with E-state index in [1.165, 1.54) is 0 Å². The maximum absolute atomic E-state index is 11.4. The Balaban J connectivity index is 2.13. The zero-order chi connectivity index (χ0) is 13.8. The van der Waals surface area contributed by atoms with Gasteiger partial charge >= 0.3 is 0 Å². The molecule has 1 aliphatic heterocycles. The molecule has 0 atom stereocenters. The van der Waals surface area contributed by atoms with Crippen LogP contribution in [0.5, 0.6) is 0 Å². The van der Waals surface area contributed by atoms with Crippen LogP contribution < -0.4 is 4.90 Å². The molecule has 0 unspecified atom stereocenters. The van der Waals surface area contributed by atoms with Gasteiger partial charge in [0.25, 0.3) is 0 Å². The number of amides is 1. The van der Waals surface area contributed by atoms with Gasteiger partial charge < -0.3 is 9.80 Å². The Morgan fingerprint density at radius 1 is 1.26 bits per heavy atom. The van der Waals surface area contributed by atoms with Gasteiger partial charge in [0, 0.05) is 44.9 Å². The molecule has 5 nitrogen and oxygen atoms in total. The number of rotatable bonds is 2. The average Bonchev–Trinajstić information content (AvgIpc) is 2.63. The van der Waals surface area contributed by atoms with E-state index in [9.17, 15) is 4.79 Å². The molecule has 1 aromatic heterocycles. The lowest BCUT2D eigenvalue weighted by Gasteiger charge is -2.22. The molecular weight excluding hydrogens is 260 g/mol. The standard InChI is InChI=1S/C13H20N4OS/c1-10-9-12(15-13(14-10)19-3)17-6-4-5-16(7-8-17)11(2)18/h9H,4-8H2,1-3H3. The van der Waals surface area contributed by atoms with E-state index in [1.54, 1.807) is 18.7 Å². The molecule has 0 spiro atoms. The summed E-state index contributed by atoms with van der Waals surface area (Å²) in [7, 11) is 0. The molecule has 1 amide bonds. The van der Waals surface area contributed by atoms with Crippen LogP contribution in [0.4, 0.5) is 5.82 Å². The monoisotopic (exact) mass is 280 g/mol. The third kappa shape index (κ3) is 3.59. The second kappa shape index (κ2) is 6.23. The van der Waals surface area contributed by atoms with Gasteiger partial charge in [-0.05, 0) is 19.6 Å². The van der Waals surface area contributed by atoms with E-state index in [1.807, 2.05) is 24.1 Å². The van der Waals surface area contributed by atoms with Gasteiger partial charge in [-0.3, -0.25) is 4.79 Å². The van der Waals surface area contributed by atoms with E-state index < -0.39 is 0 Å². The highest BCUT2D eigenvalue weighted by Gasteiger charge is 2.18. The van der Waals surface area contributed by atoms with Crippen molar-refractivity contribution in [2.75, 3.05) is 37.3 Å². The second-order valence-corrected chi connectivity index (χ2v) is 5.47. The summed E-state index contributed by atoms with van der Waals surface area (Å²) in [6, 6.07) is 2.02. The third-order valence-electron chi connectivity index (χ3n) is 3.27. The molecule has 104 valence electrons. The summed E-state index contributed by atoms with van der Waals surface area (Å²) >= 11 is 1.56. The average molecular weight is 280 g/mol. The Bertz CT molecular complexity index is 466. The topological polar surface area (TPSA) is 49.3 Å². The number of thioether (sulfide) groups is 1. The summed E-state index contributed by atoms with van der Waals surface area (Å²) in [4.78, 5) is 24.5. The first kappa shape index (κ1) is 14.1. The van der Waals surface area contributed by atoms with Crippen molar-refractivity contribution in [3.05, 3.63) is 11.8 Å². The highest BCUT2D eigenvalue weighted by Crippen LogP contribution is 2.18. The van der Waals surface area contributed by atoms with Crippen LogP contribution in [-0.4, -0.2) is 53.2 Å². The van der Waals surface area contributed by atoms with Crippen molar-refractivity contribution in [2.45, 2.75) is 25.4 Å². The lowest BCUT2D eigenvalue weighted by Crippen LogP contribution is -2.33. The molecule has 0 aliphatic carbocycles. The SMILES string of the molecule is CSc1nc(C)cc(N2CCCN(C(C)=O)CC2)n1. The van der Waals surface area contributed by atoms with Crippen molar-refractivity contribution in [2.24, 2.45) is 0 Å². The first-order valence-electron chi connectivity index (χ1n) is 6.50. The van der Waals surface area contributed by atoms with Crippen LogP contribution >= 0.6 is 11.8 Å². The Hall–Kier alpha value is -1.30. The summed E-state index contributed by atoms with van der Waals surface area (Å²) in [5.41, 5.74) is 0.988. The fraction of sp³-hybridized carbons (Fsp3) is 0.615. The van der Waals surface area contributed by atoms with Crippen LogP contribution in [0.15, 0.2) is 11.2 Å². The second-order valence-electron chi connectivity index (χ2n) is 4.70. The fourth-order valence-corrected chi connectivity index (χ4v) is 2.66. The van der Waals surface area contributed by atoms with Crippen LogP contribution in [-0.2, 0) is 4.79 Å². The van der Waals surface area contributed by atoms with Crippen molar-refractivity contribution in [1.82, 2.24) is 14.9 Å². The van der Waals surface area contributed by atoms with Gasteiger partial charge in [-0.2, -0.15) is 0 Å². The molecule has 0 saturated carbocycles. The first-order chi connectivity index (χ1) is 9.10. The van der Waals surface area contributed by atoms with Crippen molar-refractivity contribution in [3.8, 4) is 0 Å². The predicted molar refractivity (Wildman–Crippen MR) is 77.6 cm³/mol. The summed E-state index contributed by atoms with van der Waals surface area (Å²) < 4.78 is 0. The number of nitrogens with zero attached hydrogens (tertiary/aromatic N) is 4. The number of aromatic nitrogens is 2. The zero-order valence-electron chi connectivity index (χ0n) is 11.7. The molecule has 0 N–H and O–H groups in total. The van der Waals surface area contributed by atoms with Gasteiger partial charge in [0.05, 0.1) is 0 Å². The minimum Gasteiger partial charge on any atom is -0.355 e. The number of aryl methyl sites for hydroxylation is 1. The smallest absolute Gasteiger partial charge is 0.219 e. The molecule has 6 heteroatoms. The predicted octanol–water partition coefficient (Wildman–Crippen LogP) is 1.57. The quantitative estimate of drug-likeness (QED) is 0.608. The van der Waals surface area contributed by atoms with Crippen molar-refractivity contribution >= 4 is 23.5 Å². The van der Waals surface area contributed by atoms with Crippen molar-refractivity contribution in [3.63, 3.8) is 0 Å². The highest BCUT2D eigenvalue weighted by atomic mass is 32.2. The number of hydrogen-bond acceptors (Lipinski definition) is 5. The molecule has 19 heavy (non-hydrogen) atoms. The summed E-state index contributed by atoms with van der Waals surface area (Å²) in [6.45, 7) is 7.01. The molecular formula is C13H20N4OS. The van der Waals surface area contributed by atoms with Gasteiger partial charge in [0.1, 0.15) is 5.82 Å². The molecule has 2 heterocycles. The van der Waals surface area contributed by atoms with E-state index in [2.05, 4.69) is 14.9 Å². The minimum atomic E-state index is 0.158. The summed E-state index contributed by atoms with van der Waals surface area (Å²) in [6.07, 6.45) is 2.97. The molecule has 2 rings (SSSR count). The zero-order valence-corrected chi connectivity index (χ0v) is 12.5. The van der Waals surface area contributed by atoms with E-state index in [-0.39, 0.29) is 5.91 Å². The van der Waals surface area contributed by atoms with Gasteiger partial charge in [-0.25, -0.2) is 9.97 Å². The summed E-state index contributed by atoms with van der Waals surface area (Å²) in [5.74, 6) is 1.13. The van der Waals surface area contributed by atoms with Gasteiger partial charge in [-0.15, -0.1) is 0 Å². The number of anilines is 1. The van der Waals surface area contributed by atoms with E-state index in [0.29, 0.717) is 0 Å². The van der Waals surface area contributed by atoms with Crippen LogP contribution in [0.25, 0.3) is 0 Å². The maximum atomic E-state index is 11.4. The molecule has 1 aliphatic rings. The van der Waals surface area contributed by atoms with Crippen molar-refractivity contribution < 1.29 is 4.79 Å². The summed E-state index contributed by atoms with van der Waals surface area (Å²) in [5, 5.41) is 0.808. The van der Waals surface area contributed by atoms with Crippen LogP contribution in [0.2, 0.25) is 0 Å². The number of hydrogen-bond donors (Lipinski definition) is 0. The van der Waals surface area contributed by atoms with E-state index >= 15 is 0 Å². The Labute approximate surface area is 118 Å². The van der Waals surface area contributed by atoms with Crippen LogP contribution in [0.3, 0.4) is 0 Å². The van der Waals surface area contributed by atoms with Gasteiger partial charge in [0.15, 0.2) is 5.16 Å². The third-order valence-corrected chi connectivity index (χ3v) is 3.82. The maximum Gasteiger partial charge on any atom is 0.219 e. The molecule has 0 radical (unpaired) electrons. The Morgan fingerprint density at radius 2 is 2.05 bits per heavy atom. The molecule has 1 saturated heterocycles. The Kier molecular flexibility index (Phi) is 4.63. The highest BCUT2D eigenvalue weighted by molar-refractivity contribution is 7.98. The molecule has 1 aromatic rings.